The highest BCUT2D eigenvalue weighted by Gasteiger charge is 2.22. The zero-order chi connectivity index (χ0) is 20.3. The molecule has 27 heavy (non-hydrogen) atoms. The Morgan fingerprint density at radius 3 is 1.89 bits per heavy atom. The van der Waals surface area contributed by atoms with Crippen molar-refractivity contribution >= 4 is 12.1 Å². The van der Waals surface area contributed by atoms with E-state index in [4.69, 9.17) is 9.47 Å². The van der Waals surface area contributed by atoms with Crippen LogP contribution in [0.2, 0.25) is 0 Å². The van der Waals surface area contributed by atoms with E-state index in [1.165, 1.54) is 44.9 Å². The van der Waals surface area contributed by atoms with E-state index in [-0.39, 0.29) is 11.9 Å². The van der Waals surface area contributed by atoms with Gasteiger partial charge in [-0.05, 0) is 18.8 Å². The number of alkyl carbamates (subject to hydrolysis) is 1. The summed E-state index contributed by atoms with van der Waals surface area (Å²) in [5.74, 6) is -0.0760. The lowest BCUT2D eigenvalue weighted by atomic mass is 10.1. The van der Waals surface area contributed by atoms with Crippen LogP contribution in [-0.4, -0.2) is 31.3 Å². The predicted octanol–water partition coefficient (Wildman–Crippen LogP) is 6.00. The Morgan fingerprint density at radius 2 is 1.33 bits per heavy atom. The summed E-state index contributed by atoms with van der Waals surface area (Å²) in [4.78, 5) is 24.1. The lowest BCUT2D eigenvalue weighted by Crippen LogP contribution is -2.42. The van der Waals surface area contributed by atoms with Crippen LogP contribution in [0.5, 0.6) is 0 Å². The highest BCUT2D eigenvalue weighted by atomic mass is 16.6. The molecule has 1 unspecified atom stereocenters. The van der Waals surface area contributed by atoms with Crippen molar-refractivity contribution in [2.75, 3.05) is 13.2 Å². The monoisotopic (exact) mass is 385 g/mol. The maximum atomic E-state index is 12.3. The second kappa shape index (κ2) is 18.1. The maximum Gasteiger partial charge on any atom is 0.407 e. The molecule has 0 aromatic rings. The fourth-order valence-corrected chi connectivity index (χ4v) is 2.77. The SMILES string of the molecule is CCCCCCCCCCCOC(=O)C(CCCC)NC(=O)OCC(C)C. The minimum absolute atomic E-state index is 0.267. The molecule has 0 saturated carbocycles. The Hall–Kier alpha value is -1.26. The van der Waals surface area contributed by atoms with Crippen LogP contribution in [0.3, 0.4) is 0 Å². The van der Waals surface area contributed by atoms with E-state index in [1.54, 1.807) is 0 Å². The molecular formula is C22H43NO4. The fraction of sp³-hybridized carbons (Fsp3) is 0.909. The number of carbonyl (C=O) groups is 2. The molecule has 1 amide bonds. The summed E-state index contributed by atoms with van der Waals surface area (Å²) in [5, 5.41) is 2.66. The summed E-state index contributed by atoms with van der Waals surface area (Å²) in [6, 6.07) is -0.608. The molecule has 0 fully saturated rings. The molecule has 0 aromatic carbocycles. The van der Waals surface area contributed by atoms with Crippen LogP contribution in [0.4, 0.5) is 4.79 Å². The van der Waals surface area contributed by atoms with Gasteiger partial charge < -0.3 is 14.8 Å². The molecule has 5 nitrogen and oxygen atoms in total. The summed E-state index contributed by atoms with van der Waals surface area (Å²) in [6.07, 6.45) is 12.9. The second-order valence-electron chi connectivity index (χ2n) is 7.83. The fourth-order valence-electron chi connectivity index (χ4n) is 2.77. The van der Waals surface area contributed by atoms with Gasteiger partial charge in [0.1, 0.15) is 6.04 Å². The molecule has 0 saturated heterocycles. The topological polar surface area (TPSA) is 64.6 Å². The molecule has 0 aromatic heterocycles. The van der Waals surface area contributed by atoms with Gasteiger partial charge in [-0.1, -0.05) is 91.9 Å². The normalized spacial score (nSPS) is 12.0. The molecular weight excluding hydrogens is 342 g/mol. The number of carbonyl (C=O) groups excluding carboxylic acids is 2. The first-order valence-electron chi connectivity index (χ1n) is 11.1. The van der Waals surface area contributed by atoms with Crippen molar-refractivity contribution in [3.05, 3.63) is 0 Å². The van der Waals surface area contributed by atoms with Crippen molar-refractivity contribution in [1.82, 2.24) is 5.32 Å². The third-order valence-corrected chi connectivity index (χ3v) is 4.46. The average molecular weight is 386 g/mol. The van der Waals surface area contributed by atoms with Gasteiger partial charge in [0.15, 0.2) is 0 Å². The molecule has 0 aliphatic carbocycles. The Balaban J connectivity index is 3.92. The van der Waals surface area contributed by atoms with Crippen LogP contribution in [0, 0.1) is 5.92 Å². The number of rotatable bonds is 17. The minimum atomic E-state index is -0.608. The van der Waals surface area contributed by atoms with Gasteiger partial charge in [-0.3, -0.25) is 0 Å². The van der Waals surface area contributed by atoms with Crippen molar-refractivity contribution in [3.8, 4) is 0 Å². The van der Waals surface area contributed by atoms with Gasteiger partial charge in [0, 0.05) is 0 Å². The van der Waals surface area contributed by atoms with Gasteiger partial charge in [-0.15, -0.1) is 0 Å². The van der Waals surface area contributed by atoms with E-state index in [1.807, 2.05) is 13.8 Å². The first-order valence-corrected chi connectivity index (χ1v) is 11.1. The van der Waals surface area contributed by atoms with Crippen LogP contribution in [0.1, 0.15) is 105 Å². The third-order valence-electron chi connectivity index (χ3n) is 4.46. The van der Waals surface area contributed by atoms with Crippen molar-refractivity contribution in [2.24, 2.45) is 5.92 Å². The minimum Gasteiger partial charge on any atom is -0.464 e. The largest absolute Gasteiger partial charge is 0.464 e. The summed E-state index contributed by atoms with van der Waals surface area (Å²) < 4.78 is 10.5. The van der Waals surface area contributed by atoms with E-state index in [2.05, 4.69) is 19.2 Å². The van der Waals surface area contributed by atoms with Crippen molar-refractivity contribution in [3.63, 3.8) is 0 Å². The Morgan fingerprint density at radius 1 is 0.778 bits per heavy atom. The molecule has 0 aliphatic rings. The van der Waals surface area contributed by atoms with Crippen molar-refractivity contribution < 1.29 is 19.1 Å². The number of esters is 1. The molecule has 0 radical (unpaired) electrons. The van der Waals surface area contributed by atoms with Gasteiger partial charge in [0.05, 0.1) is 13.2 Å². The van der Waals surface area contributed by atoms with Gasteiger partial charge in [-0.2, -0.15) is 0 Å². The zero-order valence-corrected chi connectivity index (χ0v) is 18.2. The van der Waals surface area contributed by atoms with E-state index in [0.29, 0.717) is 19.6 Å². The van der Waals surface area contributed by atoms with Crippen LogP contribution < -0.4 is 5.32 Å². The number of ether oxygens (including phenoxy) is 2. The summed E-state index contributed by atoms with van der Waals surface area (Å²) in [7, 11) is 0. The van der Waals surface area contributed by atoms with E-state index in [9.17, 15) is 9.59 Å². The molecule has 160 valence electrons. The first-order chi connectivity index (χ1) is 13.0. The van der Waals surface area contributed by atoms with E-state index in [0.717, 1.165) is 25.7 Å². The number of hydrogen-bond acceptors (Lipinski definition) is 4. The quantitative estimate of drug-likeness (QED) is 0.246. The van der Waals surface area contributed by atoms with Gasteiger partial charge >= 0.3 is 12.1 Å². The molecule has 0 heterocycles. The standard InChI is InChI=1S/C22H43NO4/c1-5-7-9-10-11-12-13-14-15-17-26-21(24)20(16-8-6-2)23-22(25)27-18-19(3)4/h19-20H,5-18H2,1-4H3,(H,23,25). The smallest absolute Gasteiger partial charge is 0.407 e. The van der Waals surface area contributed by atoms with Gasteiger partial charge in [0.2, 0.25) is 0 Å². The molecule has 1 N–H and O–H groups in total. The van der Waals surface area contributed by atoms with Crippen LogP contribution in [-0.2, 0) is 14.3 Å². The molecule has 0 rings (SSSR count). The first kappa shape index (κ1) is 25.7. The highest BCUT2D eigenvalue weighted by Crippen LogP contribution is 2.10. The summed E-state index contributed by atoms with van der Waals surface area (Å²) in [5.41, 5.74) is 0. The van der Waals surface area contributed by atoms with Crippen molar-refractivity contribution in [2.45, 2.75) is 111 Å². The zero-order valence-electron chi connectivity index (χ0n) is 18.2. The van der Waals surface area contributed by atoms with Crippen molar-refractivity contribution in [1.29, 1.82) is 0 Å². The Labute approximate surface area is 167 Å². The second-order valence-corrected chi connectivity index (χ2v) is 7.83. The molecule has 1 atom stereocenters. The van der Waals surface area contributed by atoms with Crippen LogP contribution in [0.25, 0.3) is 0 Å². The van der Waals surface area contributed by atoms with Gasteiger partial charge in [0.25, 0.3) is 0 Å². The summed E-state index contributed by atoms with van der Waals surface area (Å²) in [6.45, 7) is 9.02. The van der Waals surface area contributed by atoms with E-state index >= 15 is 0 Å². The lowest BCUT2D eigenvalue weighted by molar-refractivity contribution is -0.146. The van der Waals surface area contributed by atoms with E-state index < -0.39 is 12.1 Å². The molecule has 0 bridgehead atoms. The average Bonchev–Trinajstić information content (AvgIpc) is 2.64. The Kier molecular flexibility index (Phi) is 17.3. The molecule has 0 aliphatic heterocycles. The predicted molar refractivity (Wildman–Crippen MR) is 111 cm³/mol. The van der Waals surface area contributed by atoms with Crippen LogP contribution in [0.15, 0.2) is 0 Å². The van der Waals surface area contributed by atoms with Gasteiger partial charge in [-0.25, -0.2) is 9.59 Å². The number of unbranched alkanes of at least 4 members (excludes halogenated alkanes) is 9. The number of hydrogen-bond donors (Lipinski definition) is 1. The highest BCUT2D eigenvalue weighted by molar-refractivity contribution is 5.81. The number of amides is 1. The third kappa shape index (κ3) is 16.6. The lowest BCUT2D eigenvalue weighted by Gasteiger charge is -2.18. The number of nitrogens with one attached hydrogen (secondary N) is 1. The Bertz CT molecular complexity index is 371. The molecule has 0 spiro atoms. The molecule has 5 heteroatoms. The van der Waals surface area contributed by atoms with Crippen LogP contribution >= 0.6 is 0 Å². The maximum absolute atomic E-state index is 12.3. The summed E-state index contributed by atoms with van der Waals surface area (Å²) >= 11 is 0.